The molecule has 2 aromatic heterocycles. The molecule has 0 unspecified atom stereocenters. The smallest absolute Gasteiger partial charge is 0.313 e. The van der Waals surface area contributed by atoms with Crippen molar-refractivity contribution in [3.8, 4) is 0 Å². The number of aliphatic hydroxyl groups excluding tert-OH is 1. The van der Waals surface area contributed by atoms with E-state index in [1.54, 1.807) is 39.8 Å². The first-order valence-corrected chi connectivity index (χ1v) is 11.2. The Kier molecular flexibility index (Phi) is 7.49. The fraction of sp³-hybridized carbons (Fsp3) is 0.652. The minimum atomic E-state index is -1.29. The van der Waals surface area contributed by atoms with E-state index >= 15 is 0 Å². The second-order valence-corrected chi connectivity index (χ2v) is 10.1. The fourth-order valence-corrected chi connectivity index (χ4v) is 3.79. The van der Waals surface area contributed by atoms with Crippen LogP contribution < -0.4 is 5.73 Å². The molecule has 11 nitrogen and oxygen atoms in total. The molecule has 34 heavy (non-hydrogen) atoms. The number of anilines is 1. The number of hydrogen-bond acceptors (Lipinski definition) is 10. The van der Waals surface area contributed by atoms with Crippen LogP contribution in [0.15, 0.2) is 18.5 Å². The lowest BCUT2D eigenvalue weighted by Crippen LogP contribution is -2.42. The fourth-order valence-electron chi connectivity index (χ4n) is 3.79. The van der Waals surface area contributed by atoms with E-state index in [0.717, 1.165) is 0 Å². The van der Waals surface area contributed by atoms with Crippen molar-refractivity contribution < 1.29 is 33.6 Å². The van der Waals surface area contributed by atoms with Gasteiger partial charge in [0.15, 0.2) is 12.6 Å². The van der Waals surface area contributed by atoms with Crippen LogP contribution in [0.25, 0.3) is 5.52 Å². The quantitative estimate of drug-likeness (QED) is 0.425. The van der Waals surface area contributed by atoms with Crippen LogP contribution >= 0.6 is 0 Å². The summed E-state index contributed by atoms with van der Waals surface area (Å²) in [5.74, 6) is -0.422. The number of rotatable bonds is 8. The number of nitrogens with zero attached hydrogens (tertiary/aromatic N) is 3. The number of nitrogen functional groups attached to an aromatic ring is 1. The minimum absolute atomic E-state index is 0.133. The van der Waals surface area contributed by atoms with Crippen molar-refractivity contribution in [3.63, 3.8) is 0 Å². The third-order valence-corrected chi connectivity index (χ3v) is 5.67. The molecule has 3 heterocycles. The van der Waals surface area contributed by atoms with Crippen LogP contribution in [0.2, 0.25) is 0 Å². The molecular weight excluding hydrogens is 444 g/mol. The number of ether oxygens (including phenoxy) is 4. The van der Waals surface area contributed by atoms with Gasteiger partial charge in [-0.3, -0.25) is 9.59 Å². The number of fused-ring (bicyclic) bond motifs is 1. The van der Waals surface area contributed by atoms with Gasteiger partial charge in [0, 0.05) is 6.42 Å². The van der Waals surface area contributed by atoms with Gasteiger partial charge < -0.3 is 29.8 Å². The monoisotopic (exact) mass is 478 g/mol. The van der Waals surface area contributed by atoms with Crippen molar-refractivity contribution in [2.45, 2.75) is 71.9 Å². The first-order valence-electron chi connectivity index (χ1n) is 11.2. The molecule has 0 aliphatic carbocycles. The maximum absolute atomic E-state index is 12.1. The summed E-state index contributed by atoms with van der Waals surface area (Å²) in [5.41, 5.74) is 5.01. The van der Waals surface area contributed by atoms with Gasteiger partial charge in [0.1, 0.15) is 42.4 Å². The van der Waals surface area contributed by atoms with Gasteiger partial charge in [-0.05, 0) is 45.7 Å². The molecule has 1 saturated heterocycles. The number of aromatic nitrogens is 3. The standard InChI is InChI=1S/C23H34N4O7/c1-13(2)9-17(28)31-10-15-18(32-12-33-21(30)22(3,4)5)19(29)23(6,34-15)16-8-7-14-20(24)25-11-26-27(14)16/h7-8,11,13,15,18-19,29H,9-10,12H2,1-6H3,(H2,24,25,26)/t15-,18-,19-,23+/m1/s1. The molecule has 2 aromatic rings. The molecule has 188 valence electrons. The van der Waals surface area contributed by atoms with Crippen molar-refractivity contribution in [2.75, 3.05) is 19.1 Å². The molecule has 3 rings (SSSR count). The van der Waals surface area contributed by atoms with Crippen molar-refractivity contribution in [3.05, 3.63) is 24.2 Å². The van der Waals surface area contributed by atoms with Gasteiger partial charge in [0.05, 0.1) is 11.1 Å². The lowest BCUT2D eigenvalue weighted by Gasteiger charge is -2.28. The highest BCUT2D eigenvalue weighted by Gasteiger charge is 2.55. The molecule has 11 heteroatoms. The summed E-state index contributed by atoms with van der Waals surface area (Å²) in [7, 11) is 0. The van der Waals surface area contributed by atoms with Crippen LogP contribution in [0.5, 0.6) is 0 Å². The molecule has 1 aliphatic heterocycles. The molecular formula is C23H34N4O7. The Morgan fingerprint density at radius 3 is 2.65 bits per heavy atom. The van der Waals surface area contributed by atoms with Crippen LogP contribution in [0.1, 0.15) is 53.7 Å². The number of nitrogens with two attached hydrogens (primary N) is 1. The maximum Gasteiger partial charge on any atom is 0.313 e. The van der Waals surface area contributed by atoms with E-state index < -0.39 is 42.1 Å². The van der Waals surface area contributed by atoms with Gasteiger partial charge in [0.2, 0.25) is 0 Å². The molecule has 0 radical (unpaired) electrons. The highest BCUT2D eigenvalue weighted by Crippen LogP contribution is 2.41. The minimum Gasteiger partial charge on any atom is -0.463 e. The van der Waals surface area contributed by atoms with E-state index in [1.165, 1.54) is 10.8 Å². The van der Waals surface area contributed by atoms with E-state index in [2.05, 4.69) is 10.1 Å². The maximum atomic E-state index is 12.1. The number of carbonyl (C=O) groups is 2. The Balaban J connectivity index is 1.83. The van der Waals surface area contributed by atoms with Gasteiger partial charge in [-0.1, -0.05) is 13.8 Å². The lowest BCUT2D eigenvalue weighted by molar-refractivity contribution is -0.178. The Morgan fingerprint density at radius 2 is 2.00 bits per heavy atom. The second kappa shape index (κ2) is 9.85. The van der Waals surface area contributed by atoms with Crippen molar-refractivity contribution in [2.24, 2.45) is 11.3 Å². The highest BCUT2D eigenvalue weighted by molar-refractivity contribution is 5.75. The van der Waals surface area contributed by atoms with E-state index in [9.17, 15) is 14.7 Å². The van der Waals surface area contributed by atoms with Gasteiger partial charge in [-0.25, -0.2) is 9.50 Å². The number of hydrogen-bond donors (Lipinski definition) is 2. The summed E-state index contributed by atoms with van der Waals surface area (Å²) in [6.07, 6.45) is -1.42. The average Bonchev–Trinajstić information content (AvgIpc) is 3.27. The van der Waals surface area contributed by atoms with Crippen LogP contribution in [-0.2, 0) is 34.1 Å². The number of esters is 2. The van der Waals surface area contributed by atoms with Gasteiger partial charge in [-0.15, -0.1) is 0 Å². The molecule has 0 amide bonds. The SMILES string of the molecule is CC(C)CC(=O)OC[C@H]1O[C@@](C)(c2ccc3c(N)ncnn23)[C@H](O)[C@@H]1OCOC(=O)C(C)(C)C. The van der Waals surface area contributed by atoms with Gasteiger partial charge >= 0.3 is 11.9 Å². The Bertz CT molecular complexity index is 1030. The molecule has 4 atom stereocenters. The largest absolute Gasteiger partial charge is 0.463 e. The molecule has 0 aromatic carbocycles. The first-order chi connectivity index (χ1) is 15.8. The topological polar surface area (TPSA) is 148 Å². The van der Waals surface area contributed by atoms with Gasteiger partial charge in [-0.2, -0.15) is 5.10 Å². The van der Waals surface area contributed by atoms with Crippen molar-refractivity contribution >= 4 is 23.3 Å². The predicted molar refractivity (Wildman–Crippen MR) is 121 cm³/mol. The highest BCUT2D eigenvalue weighted by atomic mass is 16.7. The van der Waals surface area contributed by atoms with Crippen LogP contribution in [-0.4, -0.2) is 63.4 Å². The average molecular weight is 479 g/mol. The predicted octanol–water partition coefficient (Wildman–Crippen LogP) is 1.81. The number of carbonyl (C=O) groups excluding carboxylic acids is 2. The van der Waals surface area contributed by atoms with Crippen LogP contribution in [0.3, 0.4) is 0 Å². The molecule has 0 bridgehead atoms. The van der Waals surface area contributed by atoms with Gasteiger partial charge in [0.25, 0.3) is 0 Å². The van der Waals surface area contributed by atoms with E-state index in [1.807, 2.05) is 13.8 Å². The molecule has 1 aliphatic rings. The first kappa shape index (κ1) is 25.9. The number of aliphatic hydroxyl groups is 1. The second-order valence-electron chi connectivity index (χ2n) is 10.1. The molecule has 0 saturated carbocycles. The zero-order valence-electron chi connectivity index (χ0n) is 20.5. The summed E-state index contributed by atoms with van der Waals surface area (Å²) in [5, 5.41) is 15.5. The Hall–Kier alpha value is -2.76. The zero-order chi connectivity index (χ0) is 25.3. The third-order valence-electron chi connectivity index (χ3n) is 5.67. The summed E-state index contributed by atoms with van der Waals surface area (Å²) in [6.45, 7) is 10.1. The zero-order valence-corrected chi connectivity index (χ0v) is 20.5. The molecule has 1 fully saturated rings. The van der Waals surface area contributed by atoms with Crippen LogP contribution in [0, 0.1) is 11.3 Å². The normalized spacial score (nSPS) is 25.1. The summed E-state index contributed by atoms with van der Waals surface area (Å²) in [6, 6.07) is 3.45. The van der Waals surface area contributed by atoms with E-state index in [4.69, 9.17) is 24.7 Å². The molecule has 0 spiro atoms. The van der Waals surface area contributed by atoms with Crippen LogP contribution in [0.4, 0.5) is 5.82 Å². The van der Waals surface area contributed by atoms with Crippen molar-refractivity contribution in [1.29, 1.82) is 0 Å². The van der Waals surface area contributed by atoms with Crippen molar-refractivity contribution in [1.82, 2.24) is 14.6 Å². The van der Waals surface area contributed by atoms with E-state index in [0.29, 0.717) is 11.2 Å². The molecule has 3 N–H and O–H groups in total. The lowest BCUT2D eigenvalue weighted by atomic mass is 9.93. The summed E-state index contributed by atoms with van der Waals surface area (Å²) < 4.78 is 24.1. The summed E-state index contributed by atoms with van der Waals surface area (Å²) >= 11 is 0. The summed E-state index contributed by atoms with van der Waals surface area (Å²) in [4.78, 5) is 28.2. The van der Waals surface area contributed by atoms with E-state index in [-0.39, 0.29) is 30.7 Å². The Labute approximate surface area is 198 Å². The Morgan fingerprint density at radius 1 is 1.29 bits per heavy atom. The third kappa shape index (κ3) is 5.31.